The first kappa shape index (κ1) is 15.4. The molecule has 0 saturated carbocycles. The molecule has 7 nitrogen and oxygen atoms in total. The van der Waals surface area contributed by atoms with Crippen molar-refractivity contribution in [2.24, 2.45) is 5.92 Å². The molecule has 1 aliphatic heterocycles. The molecule has 0 aromatic heterocycles. The summed E-state index contributed by atoms with van der Waals surface area (Å²) in [4.78, 5) is 36.7. The van der Waals surface area contributed by atoms with Gasteiger partial charge in [-0.3, -0.25) is 4.79 Å². The second-order valence-electron chi connectivity index (χ2n) is 4.39. The van der Waals surface area contributed by atoms with E-state index in [9.17, 15) is 14.4 Å². The quantitative estimate of drug-likeness (QED) is 0.686. The predicted octanol–water partition coefficient (Wildman–Crippen LogP) is 0.274. The number of nitrogens with zero attached hydrogens (tertiary/aromatic N) is 1. The van der Waals surface area contributed by atoms with E-state index in [1.165, 1.54) is 0 Å². The molecule has 19 heavy (non-hydrogen) atoms. The molecule has 0 aliphatic carbocycles. The lowest BCUT2D eigenvalue weighted by Gasteiger charge is -2.27. The summed E-state index contributed by atoms with van der Waals surface area (Å²) in [7, 11) is 0. The Morgan fingerprint density at radius 3 is 2.16 bits per heavy atom. The van der Waals surface area contributed by atoms with E-state index in [0.29, 0.717) is 31.0 Å². The van der Waals surface area contributed by atoms with E-state index in [1.807, 2.05) is 0 Å². The standard InChI is InChI=1S/C12H22N4O3/c1-3-14-11(18)16(12(19)15-4-2)10(17)9-6-5-7-13-8-9/h9,13H,3-8H2,1-2H3,(H,14,18)(H,15,19). The molecule has 0 radical (unpaired) electrons. The number of nitrogens with one attached hydrogen (secondary N) is 3. The Morgan fingerprint density at radius 1 is 1.16 bits per heavy atom. The Bertz CT molecular complexity index is 322. The molecule has 1 fully saturated rings. The normalized spacial score (nSPS) is 18.5. The molecule has 0 aromatic rings. The minimum absolute atomic E-state index is 0.320. The summed E-state index contributed by atoms with van der Waals surface area (Å²) >= 11 is 0. The minimum Gasteiger partial charge on any atom is -0.337 e. The number of carbonyl (C=O) groups excluding carboxylic acids is 3. The maximum atomic E-state index is 12.3. The van der Waals surface area contributed by atoms with Crippen LogP contribution in [0.5, 0.6) is 0 Å². The number of amides is 5. The Labute approximate surface area is 113 Å². The highest BCUT2D eigenvalue weighted by molar-refractivity contribution is 6.10. The van der Waals surface area contributed by atoms with Crippen LogP contribution in [0, 0.1) is 5.92 Å². The van der Waals surface area contributed by atoms with E-state index in [2.05, 4.69) is 16.0 Å². The zero-order chi connectivity index (χ0) is 14.3. The fraction of sp³-hybridized carbons (Fsp3) is 0.750. The number of carbonyl (C=O) groups is 3. The van der Waals surface area contributed by atoms with Crippen molar-refractivity contribution in [2.45, 2.75) is 26.7 Å². The summed E-state index contributed by atoms with van der Waals surface area (Å²) in [5.74, 6) is -0.761. The van der Waals surface area contributed by atoms with Gasteiger partial charge in [0.05, 0.1) is 5.92 Å². The van der Waals surface area contributed by atoms with Crippen LogP contribution >= 0.6 is 0 Å². The number of piperidine rings is 1. The molecular weight excluding hydrogens is 248 g/mol. The Morgan fingerprint density at radius 2 is 1.74 bits per heavy atom. The van der Waals surface area contributed by atoms with Gasteiger partial charge in [-0.25, -0.2) is 9.59 Å². The number of rotatable bonds is 3. The van der Waals surface area contributed by atoms with E-state index in [4.69, 9.17) is 0 Å². The molecule has 1 aliphatic rings. The third kappa shape index (κ3) is 4.20. The molecule has 1 atom stereocenters. The highest BCUT2D eigenvalue weighted by Gasteiger charge is 2.34. The monoisotopic (exact) mass is 270 g/mol. The molecule has 7 heteroatoms. The summed E-state index contributed by atoms with van der Waals surface area (Å²) in [6.45, 7) is 5.58. The predicted molar refractivity (Wildman–Crippen MR) is 70.6 cm³/mol. The topological polar surface area (TPSA) is 90.5 Å². The molecule has 0 spiro atoms. The van der Waals surface area contributed by atoms with Crippen LogP contribution in [0.25, 0.3) is 0 Å². The summed E-state index contributed by atoms with van der Waals surface area (Å²) in [5, 5.41) is 8.08. The molecular formula is C12H22N4O3. The fourth-order valence-corrected chi connectivity index (χ4v) is 2.00. The van der Waals surface area contributed by atoms with Crippen molar-refractivity contribution in [1.29, 1.82) is 0 Å². The highest BCUT2D eigenvalue weighted by atomic mass is 16.2. The van der Waals surface area contributed by atoms with Gasteiger partial charge in [0.25, 0.3) is 0 Å². The fourth-order valence-electron chi connectivity index (χ4n) is 2.00. The van der Waals surface area contributed by atoms with Gasteiger partial charge in [0.2, 0.25) is 5.91 Å². The summed E-state index contributed by atoms with van der Waals surface area (Å²) < 4.78 is 0. The van der Waals surface area contributed by atoms with E-state index < -0.39 is 18.0 Å². The largest absolute Gasteiger partial charge is 0.337 e. The molecule has 5 amide bonds. The third-order valence-corrected chi connectivity index (χ3v) is 2.93. The lowest BCUT2D eigenvalue weighted by atomic mass is 9.98. The molecule has 3 N–H and O–H groups in total. The van der Waals surface area contributed by atoms with Crippen LogP contribution in [-0.2, 0) is 4.79 Å². The highest BCUT2D eigenvalue weighted by Crippen LogP contribution is 2.13. The van der Waals surface area contributed by atoms with Crippen LogP contribution in [0.3, 0.4) is 0 Å². The van der Waals surface area contributed by atoms with Crippen molar-refractivity contribution in [3.63, 3.8) is 0 Å². The van der Waals surface area contributed by atoms with Crippen LogP contribution in [0.1, 0.15) is 26.7 Å². The summed E-state index contributed by atoms with van der Waals surface area (Å²) in [6.07, 6.45) is 1.57. The average Bonchev–Trinajstić information content (AvgIpc) is 2.40. The average molecular weight is 270 g/mol. The lowest BCUT2D eigenvalue weighted by molar-refractivity contribution is -0.130. The van der Waals surface area contributed by atoms with Gasteiger partial charge in [-0.1, -0.05) is 0 Å². The van der Waals surface area contributed by atoms with Crippen LogP contribution in [0.15, 0.2) is 0 Å². The van der Waals surface area contributed by atoms with Gasteiger partial charge in [0.15, 0.2) is 0 Å². The molecule has 0 aromatic carbocycles. The van der Waals surface area contributed by atoms with E-state index in [0.717, 1.165) is 13.0 Å². The summed E-state index contributed by atoms with van der Waals surface area (Å²) in [6, 6.07) is -1.33. The zero-order valence-electron chi connectivity index (χ0n) is 11.5. The van der Waals surface area contributed by atoms with Gasteiger partial charge in [-0.05, 0) is 33.2 Å². The Hall–Kier alpha value is -1.63. The van der Waals surface area contributed by atoms with Gasteiger partial charge in [-0.15, -0.1) is 0 Å². The smallest absolute Gasteiger partial charge is 0.332 e. The van der Waals surface area contributed by atoms with Crippen molar-refractivity contribution in [3.05, 3.63) is 0 Å². The molecule has 108 valence electrons. The van der Waals surface area contributed by atoms with Gasteiger partial charge in [-0.2, -0.15) is 4.90 Å². The van der Waals surface area contributed by atoms with Crippen molar-refractivity contribution < 1.29 is 14.4 Å². The van der Waals surface area contributed by atoms with E-state index in [1.54, 1.807) is 13.8 Å². The second kappa shape index (κ2) is 7.73. The van der Waals surface area contributed by atoms with Crippen molar-refractivity contribution in [3.8, 4) is 0 Å². The Kier molecular flexibility index (Phi) is 6.27. The van der Waals surface area contributed by atoms with Crippen molar-refractivity contribution in [1.82, 2.24) is 20.9 Å². The van der Waals surface area contributed by atoms with Gasteiger partial charge < -0.3 is 16.0 Å². The third-order valence-electron chi connectivity index (χ3n) is 2.93. The lowest BCUT2D eigenvalue weighted by Crippen LogP contribution is -2.55. The van der Waals surface area contributed by atoms with Gasteiger partial charge >= 0.3 is 12.1 Å². The van der Waals surface area contributed by atoms with E-state index >= 15 is 0 Å². The first-order chi connectivity index (χ1) is 9.11. The summed E-state index contributed by atoms with van der Waals surface area (Å²) in [5.41, 5.74) is 0. The van der Waals surface area contributed by atoms with Crippen LogP contribution < -0.4 is 16.0 Å². The van der Waals surface area contributed by atoms with Crippen LogP contribution in [0.2, 0.25) is 0 Å². The van der Waals surface area contributed by atoms with Crippen LogP contribution in [-0.4, -0.2) is 49.0 Å². The molecule has 1 unspecified atom stereocenters. The van der Waals surface area contributed by atoms with E-state index in [-0.39, 0.29) is 5.92 Å². The number of hydrogen-bond donors (Lipinski definition) is 3. The molecule has 1 rings (SSSR count). The van der Waals surface area contributed by atoms with Crippen molar-refractivity contribution >= 4 is 18.0 Å². The van der Waals surface area contributed by atoms with Crippen molar-refractivity contribution in [2.75, 3.05) is 26.2 Å². The molecule has 1 heterocycles. The Balaban J connectivity index is 2.78. The van der Waals surface area contributed by atoms with Gasteiger partial charge in [0.1, 0.15) is 0 Å². The second-order valence-corrected chi connectivity index (χ2v) is 4.39. The minimum atomic E-state index is -0.663. The molecule has 0 bridgehead atoms. The molecule has 1 saturated heterocycles. The zero-order valence-corrected chi connectivity index (χ0v) is 11.5. The first-order valence-corrected chi connectivity index (χ1v) is 6.72. The maximum absolute atomic E-state index is 12.3. The first-order valence-electron chi connectivity index (χ1n) is 6.72. The number of hydrogen-bond acceptors (Lipinski definition) is 4. The SMILES string of the molecule is CCNC(=O)N(C(=O)NCC)C(=O)C1CCCNC1. The maximum Gasteiger partial charge on any atom is 0.332 e. The number of imide groups is 3. The van der Waals surface area contributed by atoms with Crippen LogP contribution in [0.4, 0.5) is 9.59 Å². The van der Waals surface area contributed by atoms with Gasteiger partial charge in [0, 0.05) is 19.6 Å². The number of urea groups is 2.